The van der Waals surface area contributed by atoms with Crippen LogP contribution in [0.5, 0.6) is 0 Å². The minimum atomic E-state index is 1.28. The van der Waals surface area contributed by atoms with Gasteiger partial charge >= 0.3 is 0 Å². The minimum Gasteiger partial charge on any atom is -0.0755 e. The zero-order valence-electron chi connectivity index (χ0n) is 6.51. The molecule has 2 rings (SSSR count). The number of benzene rings is 1. The molecular weight excluding hydrogens is 182 g/mol. The summed E-state index contributed by atoms with van der Waals surface area (Å²) in [6.45, 7) is 0. The van der Waals surface area contributed by atoms with E-state index in [-0.39, 0.29) is 0 Å². The summed E-state index contributed by atoms with van der Waals surface area (Å²) in [6.07, 6.45) is 0. The average molecular weight is 190 g/mol. The average Bonchev–Trinajstić information content (AvgIpc) is 2.06. The van der Waals surface area contributed by atoms with E-state index in [0.717, 1.165) is 0 Å². The Hall–Kier alpha value is -0.700. The van der Waals surface area contributed by atoms with E-state index in [1.54, 1.807) is 0 Å². The highest BCUT2D eigenvalue weighted by atomic mass is 31.1. The molecule has 1 aromatic carbocycles. The first-order valence-electron chi connectivity index (χ1n) is 3.77. The fourth-order valence-corrected chi connectivity index (χ4v) is 2.65. The van der Waals surface area contributed by atoms with Gasteiger partial charge in [0, 0.05) is 0 Å². The van der Waals surface area contributed by atoms with Crippen molar-refractivity contribution in [2.24, 2.45) is 0 Å². The van der Waals surface area contributed by atoms with Crippen molar-refractivity contribution >= 4 is 28.0 Å². The Morgan fingerprint density at radius 3 is 1.75 bits per heavy atom. The zero-order chi connectivity index (χ0) is 8.23. The molecule has 0 fully saturated rings. The normalized spacial score (nSPS) is 21.7. The zero-order valence-corrected chi connectivity index (χ0v) is 8.30. The van der Waals surface area contributed by atoms with Crippen LogP contribution < -0.4 is 0 Å². The molecule has 58 valence electrons. The highest BCUT2D eigenvalue weighted by molar-refractivity contribution is 7.47. The summed E-state index contributed by atoms with van der Waals surface area (Å²) in [5, 5.41) is 0. The molecule has 0 bridgehead atoms. The van der Waals surface area contributed by atoms with Crippen LogP contribution >= 0.6 is 16.4 Å². The van der Waals surface area contributed by atoms with Crippen LogP contribution in [-0.2, 0) is 0 Å². The molecular formula is C10H8P2. The van der Waals surface area contributed by atoms with Crippen molar-refractivity contribution in [1.29, 1.82) is 0 Å². The summed E-state index contributed by atoms with van der Waals surface area (Å²) in [7, 11) is 2.56. The molecule has 0 nitrogen and oxygen atoms in total. The third-order valence-electron chi connectivity index (χ3n) is 1.66. The first-order chi connectivity index (χ1) is 5.97. The monoisotopic (exact) mass is 190 g/mol. The van der Waals surface area contributed by atoms with Crippen molar-refractivity contribution < 1.29 is 0 Å². The molecule has 2 heteroatoms. The molecule has 0 spiro atoms. The topological polar surface area (TPSA) is 0 Å². The van der Waals surface area contributed by atoms with Crippen LogP contribution in [0.3, 0.4) is 0 Å². The van der Waals surface area contributed by atoms with Gasteiger partial charge in [0.05, 0.1) is 0 Å². The Morgan fingerprint density at radius 1 is 0.750 bits per heavy atom. The second-order valence-electron chi connectivity index (χ2n) is 2.48. The van der Waals surface area contributed by atoms with E-state index in [1.165, 1.54) is 27.5 Å². The summed E-state index contributed by atoms with van der Waals surface area (Å²) in [5.41, 5.74) is 2.69. The summed E-state index contributed by atoms with van der Waals surface area (Å²) < 4.78 is 0. The molecule has 1 aliphatic rings. The smallest absolute Gasteiger partial charge is 0.0135 e. The SMILES string of the molecule is C1=C\P=C/c2ccccc2\C=P/1. The summed E-state index contributed by atoms with van der Waals surface area (Å²) in [5.74, 6) is 8.82. The lowest BCUT2D eigenvalue weighted by Gasteiger charge is -1.99. The largest absolute Gasteiger partial charge is 0.0755 e. The van der Waals surface area contributed by atoms with Crippen LogP contribution in [0.2, 0.25) is 0 Å². The number of rotatable bonds is 0. The van der Waals surface area contributed by atoms with Crippen molar-refractivity contribution in [3.63, 3.8) is 0 Å². The third kappa shape index (κ3) is 1.72. The maximum absolute atomic E-state index is 2.23. The molecule has 0 N–H and O–H groups in total. The Kier molecular flexibility index (Phi) is 2.51. The highest BCUT2D eigenvalue weighted by Crippen LogP contribution is 2.15. The molecule has 1 aromatic rings. The minimum absolute atomic E-state index is 1.28. The fraction of sp³-hybridized carbons (Fsp3) is 0. The van der Waals surface area contributed by atoms with E-state index in [2.05, 4.69) is 47.5 Å². The van der Waals surface area contributed by atoms with E-state index in [9.17, 15) is 0 Å². The number of fused-ring (bicyclic) bond motifs is 1. The standard InChI is InChI=1S/C10H8P2/c1-2-4-10-8-12-6-5-11-7-9(10)3-1/h1-8H/b6-5-,9-7?,10-8?. The molecule has 0 saturated carbocycles. The van der Waals surface area contributed by atoms with E-state index < -0.39 is 0 Å². The second-order valence-corrected chi connectivity index (χ2v) is 4.19. The van der Waals surface area contributed by atoms with Crippen LogP contribution in [0.4, 0.5) is 0 Å². The molecule has 1 heterocycles. The van der Waals surface area contributed by atoms with Crippen molar-refractivity contribution in [2.45, 2.75) is 0 Å². The van der Waals surface area contributed by atoms with E-state index in [1.807, 2.05) is 0 Å². The molecule has 0 aliphatic carbocycles. The Balaban J connectivity index is 2.54. The van der Waals surface area contributed by atoms with Gasteiger partial charge in [-0.3, -0.25) is 0 Å². The van der Waals surface area contributed by atoms with Crippen molar-refractivity contribution in [3.8, 4) is 0 Å². The maximum Gasteiger partial charge on any atom is -0.0135 e. The summed E-state index contributed by atoms with van der Waals surface area (Å²) in [4.78, 5) is 0. The van der Waals surface area contributed by atoms with Gasteiger partial charge in [-0.05, 0) is 34.4 Å². The summed E-state index contributed by atoms with van der Waals surface area (Å²) >= 11 is 0. The highest BCUT2D eigenvalue weighted by Gasteiger charge is 1.93. The Labute approximate surface area is 75.5 Å². The third-order valence-corrected chi connectivity index (χ3v) is 3.39. The first-order valence-corrected chi connectivity index (χ1v) is 5.84. The van der Waals surface area contributed by atoms with E-state index >= 15 is 0 Å². The quantitative estimate of drug-likeness (QED) is 0.550. The van der Waals surface area contributed by atoms with Gasteiger partial charge in [-0.15, -0.1) is 0 Å². The lowest BCUT2D eigenvalue weighted by molar-refractivity contribution is 1.66. The molecule has 0 aromatic heterocycles. The van der Waals surface area contributed by atoms with Crippen LogP contribution in [0, 0.1) is 0 Å². The molecule has 0 radical (unpaired) electrons. The molecule has 0 saturated heterocycles. The van der Waals surface area contributed by atoms with Crippen molar-refractivity contribution in [2.75, 3.05) is 0 Å². The molecule has 0 amide bonds. The summed E-state index contributed by atoms with van der Waals surface area (Å²) in [6, 6.07) is 8.49. The maximum atomic E-state index is 2.23. The first kappa shape index (κ1) is 7.92. The van der Waals surface area contributed by atoms with E-state index in [4.69, 9.17) is 0 Å². The van der Waals surface area contributed by atoms with Crippen LogP contribution in [0.1, 0.15) is 11.1 Å². The van der Waals surface area contributed by atoms with Gasteiger partial charge in [-0.25, -0.2) is 0 Å². The predicted molar refractivity (Wildman–Crippen MR) is 59.8 cm³/mol. The fourth-order valence-electron chi connectivity index (χ4n) is 1.07. The Morgan fingerprint density at radius 2 is 1.25 bits per heavy atom. The van der Waals surface area contributed by atoms with Gasteiger partial charge in [0.15, 0.2) is 0 Å². The lowest BCUT2D eigenvalue weighted by atomic mass is 10.1. The number of hydrogen-bond acceptors (Lipinski definition) is 0. The molecule has 1 aliphatic heterocycles. The van der Waals surface area contributed by atoms with E-state index in [0.29, 0.717) is 0 Å². The lowest BCUT2D eigenvalue weighted by Crippen LogP contribution is -1.87. The molecule has 0 atom stereocenters. The van der Waals surface area contributed by atoms with Gasteiger partial charge in [0.1, 0.15) is 0 Å². The van der Waals surface area contributed by atoms with Crippen LogP contribution in [0.25, 0.3) is 0 Å². The van der Waals surface area contributed by atoms with Gasteiger partial charge in [-0.1, -0.05) is 40.7 Å². The number of hydrogen-bond donors (Lipinski definition) is 0. The molecule has 0 unspecified atom stereocenters. The van der Waals surface area contributed by atoms with Gasteiger partial charge in [0.25, 0.3) is 0 Å². The van der Waals surface area contributed by atoms with Crippen molar-refractivity contribution in [1.82, 2.24) is 0 Å². The van der Waals surface area contributed by atoms with Crippen molar-refractivity contribution in [3.05, 3.63) is 47.0 Å². The van der Waals surface area contributed by atoms with Gasteiger partial charge in [0.2, 0.25) is 0 Å². The Bertz CT molecular complexity index is 327. The molecule has 12 heavy (non-hydrogen) atoms. The van der Waals surface area contributed by atoms with Gasteiger partial charge < -0.3 is 0 Å². The van der Waals surface area contributed by atoms with Gasteiger partial charge in [-0.2, -0.15) is 0 Å². The second kappa shape index (κ2) is 3.81. The van der Waals surface area contributed by atoms with Crippen LogP contribution in [-0.4, -0.2) is 11.6 Å². The van der Waals surface area contributed by atoms with Crippen LogP contribution in [0.15, 0.2) is 35.9 Å². The predicted octanol–water partition coefficient (Wildman–Crippen LogP) is 3.36.